The van der Waals surface area contributed by atoms with Crippen LogP contribution in [0.5, 0.6) is 0 Å². The summed E-state index contributed by atoms with van der Waals surface area (Å²) >= 11 is 0. The molecule has 2 aromatic rings. The quantitative estimate of drug-likeness (QED) is 0.340. The van der Waals surface area contributed by atoms with Crippen LogP contribution in [-0.2, 0) is 22.3 Å². The zero-order valence-electron chi connectivity index (χ0n) is 15.0. The normalized spacial score (nSPS) is 16.2. The first kappa shape index (κ1) is 21.6. The number of nitrogens with zero attached hydrogens (tertiary/aromatic N) is 6. The molecule has 13 heteroatoms. The average Bonchev–Trinajstić information content (AvgIpc) is 3.27. The van der Waals surface area contributed by atoms with Crippen molar-refractivity contribution in [3.8, 4) is 0 Å². The number of halogens is 1. The summed E-state index contributed by atoms with van der Waals surface area (Å²) < 4.78 is 36.1. The Kier molecular flexibility index (Phi) is 7.55. The summed E-state index contributed by atoms with van der Waals surface area (Å²) in [5.74, 6) is 1.54. The topological polar surface area (TPSA) is 130 Å². The van der Waals surface area contributed by atoms with Crippen molar-refractivity contribution in [1.82, 2.24) is 29.8 Å². The van der Waals surface area contributed by atoms with Crippen molar-refractivity contribution in [3.63, 3.8) is 0 Å². The summed E-state index contributed by atoms with van der Waals surface area (Å²) in [4.78, 5) is 10.4. The van der Waals surface area contributed by atoms with Gasteiger partial charge in [0.25, 0.3) is 0 Å². The Bertz CT molecular complexity index is 845. The Morgan fingerprint density at radius 3 is 2.59 bits per heavy atom. The lowest BCUT2D eigenvalue weighted by Gasteiger charge is -2.35. The van der Waals surface area contributed by atoms with Gasteiger partial charge in [0.2, 0.25) is 15.9 Å². The fourth-order valence-electron chi connectivity index (χ4n) is 2.67. The smallest absolute Gasteiger partial charge is 0.246 e. The summed E-state index contributed by atoms with van der Waals surface area (Å²) in [6.45, 7) is 3.92. The largest absolute Gasteiger partial charge is 0.364 e. The van der Waals surface area contributed by atoms with Gasteiger partial charge in [-0.25, -0.2) is 8.42 Å². The lowest BCUT2D eigenvalue weighted by Crippen LogP contribution is -2.53. The molecule has 0 radical (unpaired) electrons. The maximum atomic E-state index is 12.5. The summed E-state index contributed by atoms with van der Waals surface area (Å²) in [5, 5.41) is 10.6. The molecule has 0 aliphatic carbocycles. The van der Waals surface area contributed by atoms with E-state index in [1.54, 1.807) is 20.0 Å². The van der Waals surface area contributed by atoms with Crippen LogP contribution >= 0.6 is 24.0 Å². The minimum Gasteiger partial charge on any atom is -0.364 e. The number of piperazine rings is 1. The number of rotatable bonds is 5. The molecule has 27 heavy (non-hydrogen) atoms. The third kappa shape index (κ3) is 5.62. The molecular formula is C14H22IN7O4S. The molecule has 3 rings (SSSR count). The molecule has 3 heterocycles. The van der Waals surface area contributed by atoms with Gasteiger partial charge >= 0.3 is 0 Å². The van der Waals surface area contributed by atoms with Crippen molar-refractivity contribution in [1.29, 1.82) is 0 Å². The molecule has 0 aromatic carbocycles. The van der Waals surface area contributed by atoms with Crippen molar-refractivity contribution in [2.45, 2.75) is 19.2 Å². The molecule has 0 spiro atoms. The second-order valence-corrected chi connectivity index (χ2v) is 7.74. The Hall–Kier alpha value is -1.74. The Morgan fingerprint density at radius 2 is 2.04 bits per heavy atom. The van der Waals surface area contributed by atoms with E-state index < -0.39 is 10.0 Å². The van der Waals surface area contributed by atoms with Gasteiger partial charge in [-0.1, -0.05) is 10.3 Å². The molecule has 1 fully saturated rings. The standard InChI is InChI=1S/C14H21N7O4S.HI/c1-11-17-13(25-18-11)9-16-14(15-2)20-4-6-21(7-5-20)26(22,23)10-12-3-8-24-19-12;/h3,8H,4-7,9-10H2,1-2H3,(H,15,16);1H. The predicted molar refractivity (Wildman–Crippen MR) is 107 cm³/mol. The monoisotopic (exact) mass is 511 g/mol. The van der Waals surface area contributed by atoms with Crippen LogP contribution in [0.15, 0.2) is 26.4 Å². The molecule has 1 saturated heterocycles. The number of nitrogens with one attached hydrogen (secondary N) is 1. The number of aliphatic imine (C=N–C) groups is 1. The van der Waals surface area contributed by atoms with Gasteiger partial charge in [-0.3, -0.25) is 4.99 Å². The number of guanidine groups is 1. The molecule has 150 valence electrons. The number of hydrogen-bond donors (Lipinski definition) is 1. The number of aryl methyl sites for hydroxylation is 1. The SMILES string of the molecule is CN=C(NCc1nc(C)no1)N1CCN(S(=O)(=O)Cc2ccon2)CC1.I. The maximum Gasteiger partial charge on any atom is 0.246 e. The van der Waals surface area contributed by atoms with Crippen LogP contribution in [0.3, 0.4) is 0 Å². The van der Waals surface area contributed by atoms with Gasteiger partial charge in [0.15, 0.2) is 11.8 Å². The fraction of sp³-hybridized carbons (Fsp3) is 0.571. The van der Waals surface area contributed by atoms with Crippen molar-refractivity contribution in [2.75, 3.05) is 33.2 Å². The van der Waals surface area contributed by atoms with Gasteiger partial charge in [-0.2, -0.15) is 9.29 Å². The highest BCUT2D eigenvalue weighted by atomic mass is 127. The fourth-order valence-corrected chi connectivity index (χ4v) is 4.09. The van der Waals surface area contributed by atoms with Gasteiger partial charge in [0.1, 0.15) is 12.0 Å². The van der Waals surface area contributed by atoms with Crippen molar-refractivity contribution in [3.05, 3.63) is 29.7 Å². The van der Waals surface area contributed by atoms with Gasteiger partial charge in [-0.05, 0) is 6.92 Å². The van der Waals surface area contributed by atoms with Gasteiger partial charge < -0.3 is 19.3 Å². The van der Waals surface area contributed by atoms with E-state index in [-0.39, 0.29) is 29.7 Å². The van der Waals surface area contributed by atoms with Crippen LogP contribution in [0.2, 0.25) is 0 Å². The van der Waals surface area contributed by atoms with Gasteiger partial charge in [0, 0.05) is 39.3 Å². The van der Waals surface area contributed by atoms with Crippen LogP contribution in [0.1, 0.15) is 17.4 Å². The Labute approximate surface area is 174 Å². The molecular weight excluding hydrogens is 489 g/mol. The highest BCUT2D eigenvalue weighted by Crippen LogP contribution is 2.13. The Morgan fingerprint density at radius 1 is 1.30 bits per heavy atom. The molecule has 1 aliphatic heterocycles. The molecule has 0 atom stereocenters. The molecule has 1 aliphatic rings. The van der Waals surface area contributed by atoms with E-state index in [1.165, 1.54) is 10.6 Å². The van der Waals surface area contributed by atoms with Crippen LogP contribution in [-0.4, -0.2) is 72.1 Å². The number of aromatic nitrogens is 3. The first-order valence-corrected chi connectivity index (χ1v) is 9.71. The summed E-state index contributed by atoms with van der Waals surface area (Å²) in [6, 6.07) is 1.55. The van der Waals surface area contributed by atoms with E-state index in [2.05, 4.69) is 25.6 Å². The predicted octanol–water partition coefficient (Wildman–Crippen LogP) is 0.207. The van der Waals surface area contributed by atoms with E-state index in [1.807, 2.05) is 4.90 Å². The third-order valence-electron chi connectivity index (χ3n) is 3.93. The van der Waals surface area contributed by atoms with E-state index in [0.717, 1.165) is 0 Å². The third-order valence-corrected chi connectivity index (χ3v) is 5.74. The highest BCUT2D eigenvalue weighted by molar-refractivity contribution is 14.0. The Balaban J connectivity index is 0.00000261. The summed E-state index contributed by atoms with van der Waals surface area (Å²) in [5.41, 5.74) is 0.403. The van der Waals surface area contributed by atoms with Crippen LogP contribution in [0.25, 0.3) is 0 Å². The molecule has 0 unspecified atom stereocenters. The van der Waals surface area contributed by atoms with E-state index in [4.69, 9.17) is 9.05 Å². The molecule has 2 aromatic heterocycles. The molecule has 11 nitrogen and oxygen atoms in total. The molecule has 0 amide bonds. The molecule has 0 saturated carbocycles. The van der Waals surface area contributed by atoms with Gasteiger partial charge in [-0.15, -0.1) is 24.0 Å². The lowest BCUT2D eigenvalue weighted by atomic mass is 10.4. The highest BCUT2D eigenvalue weighted by Gasteiger charge is 2.29. The van der Waals surface area contributed by atoms with Crippen molar-refractivity contribution in [2.24, 2.45) is 4.99 Å². The van der Waals surface area contributed by atoms with E-state index >= 15 is 0 Å². The number of sulfonamides is 1. The summed E-state index contributed by atoms with van der Waals surface area (Å²) in [6.07, 6.45) is 1.36. The van der Waals surface area contributed by atoms with Crippen LogP contribution < -0.4 is 5.32 Å². The first-order valence-electron chi connectivity index (χ1n) is 8.10. The summed E-state index contributed by atoms with van der Waals surface area (Å²) in [7, 11) is -1.75. The second kappa shape index (κ2) is 9.45. The lowest BCUT2D eigenvalue weighted by molar-refractivity contribution is 0.258. The van der Waals surface area contributed by atoms with Crippen molar-refractivity contribution >= 4 is 40.0 Å². The zero-order chi connectivity index (χ0) is 18.6. The molecule has 1 N–H and O–H groups in total. The van der Waals surface area contributed by atoms with E-state index in [9.17, 15) is 8.42 Å². The van der Waals surface area contributed by atoms with Crippen LogP contribution in [0, 0.1) is 6.92 Å². The second-order valence-electron chi connectivity index (χ2n) is 5.77. The minimum atomic E-state index is -3.42. The van der Waals surface area contributed by atoms with Gasteiger partial charge in [0.05, 0.1) is 12.2 Å². The zero-order valence-corrected chi connectivity index (χ0v) is 18.2. The minimum absolute atomic E-state index is 0. The number of hydrogen-bond acceptors (Lipinski definition) is 8. The van der Waals surface area contributed by atoms with E-state index in [0.29, 0.717) is 56.1 Å². The van der Waals surface area contributed by atoms with Crippen molar-refractivity contribution < 1.29 is 17.5 Å². The maximum absolute atomic E-state index is 12.5. The molecule has 0 bridgehead atoms. The first-order chi connectivity index (χ1) is 12.5. The average molecular weight is 511 g/mol. The van der Waals surface area contributed by atoms with Crippen LogP contribution in [0.4, 0.5) is 0 Å².